The second kappa shape index (κ2) is 9.07. The molecule has 0 radical (unpaired) electrons. The fourth-order valence-corrected chi connectivity index (χ4v) is 5.02. The summed E-state index contributed by atoms with van der Waals surface area (Å²) in [6.07, 6.45) is 0. The van der Waals surface area contributed by atoms with Gasteiger partial charge in [0.25, 0.3) is 0 Å². The molecule has 0 unspecified atom stereocenters. The third kappa shape index (κ3) is 5.56. The van der Waals surface area contributed by atoms with E-state index in [1.54, 1.807) is 23.1 Å². The normalized spacial score (nSPS) is 20.0. The molecule has 2 aliphatic rings. The van der Waals surface area contributed by atoms with Gasteiger partial charge in [-0.05, 0) is 17.7 Å². The summed E-state index contributed by atoms with van der Waals surface area (Å²) in [7, 11) is -3.48. The van der Waals surface area contributed by atoms with Crippen molar-refractivity contribution in [1.29, 1.82) is 0 Å². The fraction of sp³-hybridized carbons (Fsp3) is 0.588. The molecule has 2 aliphatic heterocycles. The van der Waals surface area contributed by atoms with Crippen molar-refractivity contribution in [3.05, 3.63) is 33.8 Å². The van der Waals surface area contributed by atoms with E-state index >= 15 is 0 Å². The highest BCUT2D eigenvalue weighted by Gasteiger charge is 2.29. The Morgan fingerprint density at radius 1 is 1.00 bits per heavy atom. The molecule has 7 nitrogen and oxygen atoms in total. The highest BCUT2D eigenvalue weighted by Crippen LogP contribution is 2.24. The van der Waals surface area contributed by atoms with Crippen LogP contribution in [0.3, 0.4) is 0 Å². The Balaban J connectivity index is 1.52. The molecule has 10 heteroatoms. The largest absolute Gasteiger partial charge is 0.379 e. The lowest BCUT2D eigenvalue weighted by molar-refractivity contribution is -0.134. The first-order valence-electron chi connectivity index (χ1n) is 8.85. The Morgan fingerprint density at radius 3 is 2.30 bits per heavy atom. The number of ether oxygens (including phenoxy) is 1. The minimum absolute atomic E-state index is 0.0402. The highest BCUT2D eigenvalue weighted by molar-refractivity contribution is 7.88. The van der Waals surface area contributed by atoms with Crippen LogP contribution < -0.4 is 0 Å². The van der Waals surface area contributed by atoms with Gasteiger partial charge in [0, 0.05) is 39.3 Å². The lowest BCUT2D eigenvalue weighted by Gasteiger charge is -2.35. The maximum absolute atomic E-state index is 12.7. The van der Waals surface area contributed by atoms with Crippen molar-refractivity contribution in [2.45, 2.75) is 5.75 Å². The number of carbonyl (C=O) groups excluding carboxylic acids is 1. The maximum atomic E-state index is 12.7. The Hall–Kier alpha value is -0.900. The number of hydrogen-bond acceptors (Lipinski definition) is 5. The van der Waals surface area contributed by atoms with Crippen molar-refractivity contribution in [3.63, 3.8) is 0 Å². The van der Waals surface area contributed by atoms with Gasteiger partial charge in [-0.2, -0.15) is 4.31 Å². The van der Waals surface area contributed by atoms with Crippen molar-refractivity contribution in [3.8, 4) is 0 Å². The molecule has 0 saturated carbocycles. The van der Waals surface area contributed by atoms with E-state index in [2.05, 4.69) is 4.90 Å². The molecular formula is C17H23Cl2N3O4S. The summed E-state index contributed by atoms with van der Waals surface area (Å²) >= 11 is 11.8. The Bertz CT molecular complexity index is 776. The standard InChI is InChI=1S/C17H23Cl2N3O4S/c18-15-2-1-14(11-16(15)19)13-27(24,25)22-5-3-21(4-6-22)17(23)12-20-7-9-26-10-8-20/h1-2,11H,3-10,12-13H2. The number of piperazine rings is 1. The van der Waals surface area contributed by atoms with Crippen LogP contribution in [0.5, 0.6) is 0 Å². The Morgan fingerprint density at radius 2 is 1.67 bits per heavy atom. The molecule has 0 spiro atoms. The number of rotatable bonds is 5. The van der Waals surface area contributed by atoms with Crippen molar-refractivity contribution in [2.75, 3.05) is 59.0 Å². The number of hydrogen-bond donors (Lipinski definition) is 0. The molecule has 0 aliphatic carbocycles. The fourth-order valence-electron chi connectivity index (χ4n) is 3.20. The van der Waals surface area contributed by atoms with Gasteiger partial charge < -0.3 is 9.64 Å². The van der Waals surface area contributed by atoms with Crippen LogP contribution in [-0.2, 0) is 25.3 Å². The van der Waals surface area contributed by atoms with Crippen LogP contribution in [0.15, 0.2) is 18.2 Å². The van der Waals surface area contributed by atoms with Gasteiger partial charge in [0.2, 0.25) is 15.9 Å². The average Bonchev–Trinajstić information content (AvgIpc) is 2.65. The molecule has 2 heterocycles. The highest BCUT2D eigenvalue weighted by atomic mass is 35.5. The quantitative estimate of drug-likeness (QED) is 0.696. The topological polar surface area (TPSA) is 70.2 Å². The predicted molar refractivity (Wildman–Crippen MR) is 104 cm³/mol. The predicted octanol–water partition coefficient (Wildman–Crippen LogP) is 1.30. The summed E-state index contributed by atoms with van der Waals surface area (Å²) in [5, 5.41) is 0.730. The maximum Gasteiger partial charge on any atom is 0.236 e. The second-order valence-electron chi connectivity index (χ2n) is 6.67. The number of benzene rings is 1. The monoisotopic (exact) mass is 435 g/mol. The van der Waals surface area contributed by atoms with Gasteiger partial charge in [0.05, 0.1) is 35.6 Å². The van der Waals surface area contributed by atoms with E-state index in [4.69, 9.17) is 27.9 Å². The molecule has 150 valence electrons. The molecule has 0 atom stereocenters. The second-order valence-corrected chi connectivity index (χ2v) is 9.46. The average molecular weight is 436 g/mol. The molecule has 0 N–H and O–H groups in total. The zero-order chi connectivity index (χ0) is 19.4. The molecule has 27 heavy (non-hydrogen) atoms. The summed E-state index contributed by atoms with van der Waals surface area (Å²) in [5.74, 6) is -0.0931. The van der Waals surface area contributed by atoms with E-state index in [1.165, 1.54) is 4.31 Å². The van der Waals surface area contributed by atoms with Crippen LogP contribution in [0.4, 0.5) is 0 Å². The van der Waals surface area contributed by atoms with Gasteiger partial charge >= 0.3 is 0 Å². The first-order chi connectivity index (χ1) is 12.8. The van der Waals surface area contributed by atoms with Crippen molar-refractivity contribution in [1.82, 2.24) is 14.1 Å². The zero-order valence-electron chi connectivity index (χ0n) is 14.9. The Kier molecular flexibility index (Phi) is 6.99. The number of morpholine rings is 1. The zero-order valence-corrected chi connectivity index (χ0v) is 17.3. The van der Waals surface area contributed by atoms with Crippen LogP contribution in [0.2, 0.25) is 10.0 Å². The van der Waals surface area contributed by atoms with Crippen LogP contribution >= 0.6 is 23.2 Å². The molecule has 2 saturated heterocycles. The summed E-state index contributed by atoms with van der Waals surface area (Å²) in [6, 6.07) is 4.83. The molecule has 3 rings (SSSR count). The SMILES string of the molecule is O=C(CN1CCOCC1)N1CCN(S(=O)(=O)Cc2ccc(Cl)c(Cl)c2)CC1. The van der Waals surface area contributed by atoms with Gasteiger partial charge in [-0.15, -0.1) is 0 Å². The summed E-state index contributed by atoms with van der Waals surface area (Å²) in [6.45, 7) is 4.58. The minimum atomic E-state index is -3.48. The third-order valence-electron chi connectivity index (χ3n) is 4.78. The molecule has 1 aromatic carbocycles. The number of halogens is 2. The van der Waals surface area contributed by atoms with E-state index in [0.717, 1.165) is 13.1 Å². The van der Waals surface area contributed by atoms with Crippen LogP contribution in [0.1, 0.15) is 5.56 Å². The molecule has 0 aromatic heterocycles. The van der Waals surface area contributed by atoms with E-state index < -0.39 is 10.0 Å². The summed E-state index contributed by atoms with van der Waals surface area (Å²) in [4.78, 5) is 16.2. The van der Waals surface area contributed by atoms with Gasteiger partial charge in [-0.1, -0.05) is 29.3 Å². The summed E-state index contributed by atoms with van der Waals surface area (Å²) < 4.78 is 32.1. The van der Waals surface area contributed by atoms with Crippen molar-refractivity contribution in [2.24, 2.45) is 0 Å². The molecule has 0 bridgehead atoms. The number of sulfonamides is 1. The number of amides is 1. The van der Waals surface area contributed by atoms with Gasteiger partial charge in [0.15, 0.2) is 0 Å². The van der Waals surface area contributed by atoms with Crippen molar-refractivity contribution < 1.29 is 17.9 Å². The molecule has 1 aromatic rings. The molecule has 1 amide bonds. The van der Waals surface area contributed by atoms with Gasteiger partial charge in [0.1, 0.15) is 0 Å². The summed E-state index contributed by atoms with van der Waals surface area (Å²) in [5.41, 5.74) is 0.593. The number of carbonyl (C=O) groups is 1. The lowest BCUT2D eigenvalue weighted by atomic mass is 10.2. The first kappa shape index (κ1) is 20.8. The smallest absolute Gasteiger partial charge is 0.236 e. The van der Waals surface area contributed by atoms with Gasteiger partial charge in [-0.3, -0.25) is 9.69 Å². The van der Waals surface area contributed by atoms with Crippen molar-refractivity contribution >= 4 is 39.1 Å². The third-order valence-corrected chi connectivity index (χ3v) is 7.37. The first-order valence-corrected chi connectivity index (χ1v) is 11.2. The van der Waals surface area contributed by atoms with Crippen LogP contribution in [-0.4, -0.2) is 87.5 Å². The molecular weight excluding hydrogens is 413 g/mol. The minimum Gasteiger partial charge on any atom is -0.379 e. The van der Waals surface area contributed by atoms with E-state index in [9.17, 15) is 13.2 Å². The lowest BCUT2D eigenvalue weighted by Crippen LogP contribution is -2.53. The molecule has 2 fully saturated rings. The Labute approximate surface area is 169 Å². The van der Waals surface area contributed by atoms with Crippen LogP contribution in [0.25, 0.3) is 0 Å². The van der Waals surface area contributed by atoms with E-state index in [-0.39, 0.29) is 11.7 Å². The van der Waals surface area contributed by atoms with E-state index in [1.807, 2.05) is 0 Å². The van der Waals surface area contributed by atoms with Crippen LogP contribution in [0, 0.1) is 0 Å². The van der Waals surface area contributed by atoms with E-state index in [0.29, 0.717) is 61.5 Å². The number of nitrogens with zero attached hydrogens (tertiary/aromatic N) is 3. The van der Waals surface area contributed by atoms with Gasteiger partial charge in [-0.25, -0.2) is 8.42 Å².